The average Bonchev–Trinajstić information content (AvgIpc) is 3.29. The normalized spacial score (nSPS) is 8.84. The minimum atomic E-state index is -0.456. The van der Waals surface area contributed by atoms with E-state index in [1.165, 1.54) is 6.07 Å². The molecule has 0 aliphatic carbocycles. The summed E-state index contributed by atoms with van der Waals surface area (Å²) in [4.78, 5) is 12.0. The molecule has 4 heteroatoms. The number of rotatable bonds is 3. The monoisotopic (exact) mass is 374 g/mol. The summed E-state index contributed by atoms with van der Waals surface area (Å²) in [5.74, 6) is 5.04. The van der Waals surface area contributed by atoms with E-state index >= 15 is 0 Å². The van der Waals surface area contributed by atoms with Gasteiger partial charge in [-0.05, 0) is 19.1 Å². The smallest absolute Gasteiger partial charge is 0.507 e. The standard InChI is InChI=1S/C16H13O3.C5H5.Fe/c1-2-19-15-9-5-8-13(17)16(15)14(18)11-10-12-6-3-4-7-12;1-2-4-5-3-1;/h3-9,17H,2H2,1H3;1-5H;/q2*-1;+2. The van der Waals surface area contributed by atoms with Crippen LogP contribution in [-0.4, -0.2) is 17.5 Å². The van der Waals surface area contributed by atoms with E-state index in [0.29, 0.717) is 12.4 Å². The third-order valence-corrected chi connectivity index (χ3v) is 3.07. The van der Waals surface area contributed by atoms with Crippen LogP contribution in [-0.2, 0) is 17.1 Å². The molecule has 0 amide bonds. The number of hydrogen-bond acceptors (Lipinski definition) is 3. The number of Topliss-reactive ketones (excluding diaryl/α,β-unsaturated/α-hetero) is 1. The zero-order valence-corrected chi connectivity index (χ0v) is 14.9. The van der Waals surface area contributed by atoms with Crippen LogP contribution in [0.1, 0.15) is 22.8 Å². The van der Waals surface area contributed by atoms with Crippen molar-refractivity contribution in [3.05, 3.63) is 83.9 Å². The van der Waals surface area contributed by atoms with E-state index in [1.54, 1.807) is 12.1 Å². The van der Waals surface area contributed by atoms with Crippen LogP contribution >= 0.6 is 0 Å². The second kappa shape index (κ2) is 10.9. The molecule has 3 aromatic carbocycles. The van der Waals surface area contributed by atoms with Gasteiger partial charge in [-0.2, -0.15) is 42.3 Å². The van der Waals surface area contributed by atoms with Crippen molar-refractivity contribution >= 4 is 5.78 Å². The Labute approximate surface area is 158 Å². The number of aromatic hydroxyl groups is 1. The van der Waals surface area contributed by atoms with Gasteiger partial charge in [0, 0.05) is 0 Å². The van der Waals surface area contributed by atoms with Crippen LogP contribution in [0, 0.1) is 11.8 Å². The topological polar surface area (TPSA) is 46.5 Å². The molecule has 0 aliphatic rings. The maximum Gasteiger partial charge on any atom is 2.00 e. The molecule has 0 aliphatic heterocycles. The van der Waals surface area contributed by atoms with Crippen LogP contribution in [0.3, 0.4) is 0 Å². The molecule has 3 aromatic rings. The summed E-state index contributed by atoms with van der Waals surface area (Å²) < 4.78 is 5.33. The molecule has 3 nitrogen and oxygen atoms in total. The molecule has 0 heterocycles. The second-order valence-electron chi connectivity index (χ2n) is 4.80. The van der Waals surface area contributed by atoms with Crippen molar-refractivity contribution in [1.82, 2.24) is 0 Å². The Bertz CT molecular complexity index is 789. The van der Waals surface area contributed by atoms with Crippen molar-refractivity contribution < 1.29 is 31.7 Å². The molecule has 0 unspecified atom stereocenters. The van der Waals surface area contributed by atoms with E-state index in [2.05, 4.69) is 11.8 Å². The van der Waals surface area contributed by atoms with Crippen LogP contribution in [0.25, 0.3) is 0 Å². The molecule has 0 saturated heterocycles. The molecule has 0 fully saturated rings. The van der Waals surface area contributed by atoms with Gasteiger partial charge in [-0.1, -0.05) is 12.0 Å². The zero-order valence-electron chi connectivity index (χ0n) is 13.8. The Kier molecular flexibility index (Phi) is 8.89. The fraction of sp³-hybridized carbons (Fsp3) is 0.0952. The predicted molar refractivity (Wildman–Crippen MR) is 94.6 cm³/mol. The minimum Gasteiger partial charge on any atom is -0.507 e. The fourth-order valence-electron chi connectivity index (χ4n) is 1.99. The molecule has 0 radical (unpaired) electrons. The van der Waals surface area contributed by atoms with Crippen molar-refractivity contribution in [1.29, 1.82) is 0 Å². The van der Waals surface area contributed by atoms with E-state index in [4.69, 9.17) is 4.74 Å². The molecular formula is C21H18FeO3. The van der Waals surface area contributed by atoms with Crippen molar-refractivity contribution in [3.8, 4) is 23.3 Å². The SMILES string of the molecule is CCOc1cccc(O)c1C(=O)C#Cc1ccc[cH-]1.[Fe+2].c1cc[cH-]c1. The first kappa shape index (κ1) is 20.3. The number of hydrogen-bond donors (Lipinski definition) is 1. The first-order valence-electron chi connectivity index (χ1n) is 7.62. The molecular weight excluding hydrogens is 356 g/mol. The number of carbonyl (C=O) groups is 1. The maximum absolute atomic E-state index is 12.0. The molecule has 3 rings (SSSR count). The summed E-state index contributed by atoms with van der Waals surface area (Å²) in [6.45, 7) is 2.23. The molecule has 1 N–H and O–H groups in total. The van der Waals surface area contributed by atoms with E-state index in [0.717, 1.165) is 5.56 Å². The largest absolute Gasteiger partial charge is 2.00 e. The Hall–Kier alpha value is -2.73. The summed E-state index contributed by atoms with van der Waals surface area (Å²) in [5.41, 5.74) is 0.880. The van der Waals surface area contributed by atoms with E-state index < -0.39 is 5.78 Å². The van der Waals surface area contributed by atoms with Gasteiger partial charge in [-0.15, -0.1) is 11.6 Å². The van der Waals surface area contributed by atoms with Gasteiger partial charge in [0.05, 0.1) is 6.61 Å². The molecule has 25 heavy (non-hydrogen) atoms. The summed E-state index contributed by atoms with van der Waals surface area (Å²) in [5, 5.41) is 9.78. The van der Waals surface area contributed by atoms with Crippen LogP contribution in [0.2, 0.25) is 0 Å². The molecule has 0 spiro atoms. The second-order valence-corrected chi connectivity index (χ2v) is 4.80. The summed E-state index contributed by atoms with van der Waals surface area (Å²) in [6.07, 6.45) is 0. The number of carbonyl (C=O) groups excluding carboxylic acids is 1. The van der Waals surface area contributed by atoms with Crippen molar-refractivity contribution in [3.63, 3.8) is 0 Å². The fourth-order valence-corrected chi connectivity index (χ4v) is 1.99. The summed E-state index contributed by atoms with van der Waals surface area (Å²) in [6, 6.07) is 22.0. The number of ketones is 1. The maximum atomic E-state index is 12.0. The third-order valence-electron chi connectivity index (χ3n) is 3.07. The predicted octanol–water partition coefficient (Wildman–Crippen LogP) is 4.15. The van der Waals surface area contributed by atoms with Gasteiger partial charge in [0.1, 0.15) is 17.1 Å². The zero-order chi connectivity index (χ0) is 17.2. The Morgan fingerprint density at radius 3 is 2.44 bits per heavy atom. The van der Waals surface area contributed by atoms with Gasteiger partial charge in [0.15, 0.2) is 0 Å². The molecule has 0 bridgehead atoms. The molecule has 0 saturated carbocycles. The van der Waals surface area contributed by atoms with Crippen LogP contribution in [0.4, 0.5) is 0 Å². The Morgan fingerprint density at radius 2 is 1.88 bits per heavy atom. The van der Waals surface area contributed by atoms with Crippen LogP contribution in [0.15, 0.2) is 72.8 Å². The number of ether oxygens (including phenoxy) is 1. The van der Waals surface area contributed by atoms with Gasteiger partial charge in [-0.25, -0.2) is 12.1 Å². The van der Waals surface area contributed by atoms with Crippen molar-refractivity contribution in [2.24, 2.45) is 0 Å². The van der Waals surface area contributed by atoms with Crippen LogP contribution < -0.4 is 4.74 Å². The Balaban J connectivity index is 0.000000448. The van der Waals surface area contributed by atoms with E-state index in [1.807, 2.05) is 61.5 Å². The van der Waals surface area contributed by atoms with E-state index in [-0.39, 0.29) is 28.4 Å². The van der Waals surface area contributed by atoms with E-state index in [9.17, 15) is 9.90 Å². The first-order valence-corrected chi connectivity index (χ1v) is 7.62. The quantitative estimate of drug-likeness (QED) is 0.324. The van der Waals surface area contributed by atoms with Crippen molar-refractivity contribution in [2.45, 2.75) is 6.92 Å². The van der Waals surface area contributed by atoms with Gasteiger partial charge >= 0.3 is 17.1 Å². The average molecular weight is 374 g/mol. The van der Waals surface area contributed by atoms with Crippen LogP contribution in [0.5, 0.6) is 11.5 Å². The third kappa shape index (κ3) is 6.35. The van der Waals surface area contributed by atoms with Gasteiger partial charge in [0.25, 0.3) is 0 Å². The van der Waals surface area contributed by atoms with Crippen molar-refractivity contribution in [2.75, 3.05) is 6.61 Å². The van der Waals surface area contributed by atoms with Gasteiger partial charge in [0.2, 0.25) is 5.78 Å². The molecule has 0 atom stereocenters. The first-order chi connectivity index (χ1) is 11.7. The summed E-state index contributed by atoms with van der Waals surface area (Å²) >= 11 is 0. The number of benzene rings is 1. The minimum absolute atomic E-state index is 0. The van der Waals surface area contributed by atoms with Gasteiger partial charge in [-0.3, -0.25) is 4.79 Å². The van der Waals surface area contributed by atoms with Gasteiger partial charge < -0.3 is 9.84 Å². The summed E-state index contributed by atoms with van der Waals surface area (Å²) in [7, 11) is 0. The number of phenols is 1. The molecule has 0 aromatic heterocycles. The molecule has 128 valence electrons. The Morgan fingerprint density at radius 1 is 1.12 bits per heavy atom. The number of phenolic OH excluding ortho intramolecular Hbond substituents is 1.